The molecule has 1 aromatic heterocycles. The first kappa shape index (κ1) is 16.6. The third-order valence-corrected chi connectivity index (χ3v) is 5.11. The SMILES string of the molecule is CCCCCCNC(C)c1sc(C(C)(C)C)nc1C. The zero-order valence-corrected chi connectivity index (χ0v) is 14.3. The molecule has 0 bridgehead atoms. The summed E-state index contributed by atoms with van der Waals surface area (Å²) in [5.41, 5.74) is 1.36. The highest BCUT2D eigenvalue weighted by Crippen LogP contribution is 2.32. The Kier molecular flexibility index (Phi) is 6.48. The van der Waals surface area contributed by atoms with Gasteiger partial charge in [-0.3, -0.25) is 0 Å². The number of hydrogen-bond donors (Lipinski definition) is 1. The first-order valence-corrected chi connectivity index (χ1v) is 8.39. The van der Waals surface area contributed by atoms with Crippen molar-refractivity contribution < 1.29 is 0 Å². The van der Waals surface area contributed by atoms with Crippen LogP contribution in [0.25, 0.3) is 0 Å². The summed E-state index contributed by atoms with van der Waals surface area (Å²) in [5, 5.41) is 4.88. The zero-order valence-electron chi connectivity index (χ0n) is 13.5. The maximum Gasteiger partial charge on any atom is 0.0985 e. The molecule has 3 heteroatoms. The van der Waals surface area contributed by atoms with Gasteiger partial charge in [0.25, 0.3) is 0 Å². The Balaban J connectivity index is 2.52. The lowest BCUT2D eigenvalue weighted by atomic mass is 9.98. The summed E-state index contributed by atoms with van der Waals surface area (Å²) in [6, 6.07) is 0.426. The van der Waals surface area contributed by atoms with Crippen LogP contribution in [0.4, 0.5) is 0 Å². The van der Waals surface area contributed by atoms with Crippen molar-refractivity contribution in [3.63, 3.8) is 0 Å². The van der Waals surface area contributed by atoms with Crippen molar-refractivity contribution in [2.24, 2.45) is 0 Å². The second-order valence-electron chi connectivity index (χ2n) is 6.46. The van der Waals surface area contributed by atoms with Gasteiger partial charge in [0.1, 0.15) is 0 Å². The van der Waals surface area contributed by atoms with Crippen molar-refractivity contribution in [2.75, 3.05) is 6.54 Å². The van der Waals surface area contributed by atoms with E-state index in [2.05, 4.69) is 46.9 Å². The van der Waals surface area contributed by atoms with E-state index in [1.807, 2.05) is 11.3 Å². The van der Waals surface area contributed by atoms with Gasteiger partial charge in [0.05, 0.1) is 10.7 Å². The molecule has 0 radical (unpaired) electrons. The quantitative estimate of drug-likeness (QED) is 0.713. The maximum absolute atomic E-state index is 4.74. The van der Waals surface area contributed by atoms with Gasteiger partial charge in [-0.25, -0.2) is 4.98 Å². The Labute approximate surface area is 123 Å². The fraction of sp³-hybridized carbons (Fsp3) is 0.812. The second-order valence-corrected chi connectivity index (χ2v) is 7.49. The molecule has 1 atom stereocenters. The molecule has 110 valence electrons. The highest BCUT2D eigenvalue weighted by molar-refractivity contribution is 7.12. The second kappa shape index (κ2) is 7.39. The van der Waals surface area contributed by atoms with Crippen LogP contribution in [0.15, 0.2) is 0 Å². The molecule has 1 N–H and O–H groups in total. The molecule has 0 aliphatic heterocycles. The Morgan fingerprint density at radius 2 is 1.89 bits per heavy atom. The molecule has 0 fully saturated rings. The van der Waals surface area contributed by atoms with Crippen molar-refractivity contribution in [2.45, 2.75) is 78.7 Å². The van der Waals surface area contributed by atoms with Crippen molar-refractivity contribution >= 4 is 11.3 Å². The van der Waals surface area contributed by atoms with Crippen LogP contribution in [-0.4, -0.2) is 11.5 Å². The molecule has 19 heavy (non-hydrogen) atoms. The predicted octanol–water partition coefficient (Wildman–Crippen LogP) is 4.98. The van der Waals surface area contributed by atoms with E-state index in [0.717, 1.165) is 6.54 Å². The minimum absolute atomic E-state index is 0.161. The summed E-state index contributed by atoms with van der Waals surface area (Å²) in [6.07, 6.45) is 5.27. The highest BCUT2D eigenvalue weighted by atomic mass is 32.1. The van der Waals surface area contributed by atoms with E-state index in [4.69, 9.17) is 4.98 Å². The van der Waals surface area contributed by atoms with E-state index in [9.17, 15) is 0 Å². The number of aryl methyl sites for hydroxylation is 1. The summed E-state index contributed by atoms with van der Waals surface area (Å²) >= 11 is 1.87. The van der Waals surface area contributed by atoms with Crippen molar-refractivity contribution in [1.82, 2.24) is 10.3 Å². The topological polar surface area (TPSA) is 24.9 Å². The lowest BCUT2D eigenvalue weighted by Crippen LogP contribution is -2.19. The van der Waals surface area contributed by atoms with E-state index in [-0.39, 0.29) is 5.41 Å². The molecule has 0 amide bonds. The van der Waals surface area contributed by atoms with Gasteiger partial charge < -0.3 is 5.32 Å². The van der Waals surface area contributed by atoms with E-state index >= 15 is 0 Å². The normalized spacial score (nSPS) is 13.8. The van der Waals surface area contributed by atoms with Crippen molar-refractivity contribution in [3.8, 4) is 0 Å². The lowest BCUT2D eigenvalue weighted by molar-refractivity contribution is 0.539. The Hall–Kier alpha value is -0.410. The van der Waals surface area contributed by atoms with Crippen molar-refractivity contribution in [1.29, 1.82) is 0 Å². The van der Waals surface area contributed by atoms with Crippen LogP contribution in [0.1, 0.15) is 81.9 Å². The highest BCUT2D eigenvalue weighted by Gasteiger charge is 2.22. The average Bonchev–Trinajstić information content (AvgIpc) is 2.70. The smallest absolute Gasteiger partial charge is 0.0985 e. The lowest BCUT2D eigenvalue weighted by Gasteiger charge is -2.14. The van der Waals surface area contributed by atoms with Gasteiger partial charge in [0, 0.05) is 16.3 Å². The largest absolute Gasteiger partial charge is 0.309 e. The molecule has 0 aliphatic carbocycles. The monoisotopic (exact) mass is 282 g/mol. The van der Waals surface area contributed by atoms with E-state index in [1.165, 1.54) is 41.3 Å². The first-order valence-electron chi connectivity index (χ1n) is 7.57. The first-order chi connectivity index (χ1) is 8.86. The number of thiazole rings is 1. The molecular formula is C16H30N2S. The fourth-order valence-corrected chi connectivity index (χ4v) is 3.24. The van der Waals surface area contributed by atoms with E-state index < -0.39 is 0 Å². The number of nitrogens with zero attached hydrogens (tertiary/aromatic N) is 1. The number of aromatic nitrogens is 1. The van der Waals surface area contributed by atoms with E-state index in [0.29, 0.717) is 6.04 Å². The molecule has 2 nitrogen and oxygen atoms in total. The van der Waals surface area contributed by atoms with Gasteiger partial charge in [-0.2, -0.15) is 0 Å². The van der Waals surface area contributed by atoms with Gasteiger partial charge >= 0.3 is 0 Å². The molecule has 1 aromatic rings. The molecule has 0 saturated heterocycles. The van der Waals surface area contributed by atoms with E-state index in [1.54, 1.807) is 0 Å². The van der Waals surface area contributed by atoms with Crippen LogP contribution in [-0.2, 0) is 5.41 Å². The van der Waals surface area contributed by atoms with Gasteiger partial charge in [-0.05, 0) is 26.8 Å². The zero-order chi connectivity index (χ0) is 14.5. The van der Waals surface area contributed by atoms with Gasteiger partial charge in [-0.15, -0.1) is 11.3 Å². The van der Waals surface area contributed by atoms with Crippen molar-refractivity contribution in [3.05, 3.63) is 15.6 Å². The molecule has 0 spiro atoms. The number of unbranched alkanes of at least 4 members (excludes halogenated alkanes) is 3. The van der Waals surface area contributed by atoms with Gasteiger partial charge in [-0.1, -0.05) is 47.0 Å². The maximum atomic E-state index is 4.74. The molecule has 1 rings (SSSR count). The van der Waals surface area contributed by atoms with Crippen LogP contribution in [0, 0.1) is 6.92 Å². The number of rotatable bonds is 7. The Bertz CT molecular complexity index is 377. The number of hydrogen-bond acceptors (Lipinski definition) is 3. The van der Waals surface area contributed by atoms with Gasteiger partial charge in [0.15, 0.2) is 0 Å². The molecule has 0 saturated carbocycles. The molecular weight excluding hydrogens is 252 g/mol. The molecule has 0 aliphatic rings. The number of nitrogens with one attached hydrogen (secondary N) is 1. The summed E-state index contributed by atoms with van der Waals surface area (Å²) in [5.74, 6) is 0. The summed E-state index contributed by atoms with van der Waals surface area (Å²) in [7, 11) is 0. The fourth-order valence-electron chi connectivity index (χ4n) is 2.09. The summed E-state index contributed by atoms with van der Waals surface area (Å²) < 4.78 is 0. The summed E-state index contributed by atoms with van der Waals surface area (Å²) in [4.78, 5) is 6.14. The Morgan fingerprint density at radius 1 is 1.21 bits per heavy atom. The van der Waals surface area contributed by atoms with Crippen LogP contribution < -0.4 is 5.32 Å². The standard InChI is InChI=1S/C16H30N2S/c1-7-8-9-10-11-17-12(2)14-13(3)18-15(19-14)16(4,5)6/h12,17H,7-11H2,1-6H3. The minimum Gasteiger partial charge on any atom is -0.309 e. The third-order valence-electron chi connectivity index (χ3n) is 3.35. The molecule has 0 aromatic carbocycles. The van der Waals surface area contributed by atoms with Gasteiger partial charge in [0.2, 0.25) is 0 Å². The molecule has 1 unspecified atom stereocenters. The van der Waals surface area contributed by atoms with Crippen LogP contribution in [0.2, 0.25) is 0 Å². The summed E-state index contributed by atoms with van der Waals surface area (Å²) in [6.45, 7) is 14.5. The Morgan fingerprint density at radius 3 is 2.42 bits per heavy atom. The van der Waals surface area contributed by atoms with Crippen LogP contribution in [0.3, 0.4) is 0 Å². The molecule has 1 heterocycles. The predicted molar refractivity (Wildman–Crippen MR) is 86.1 cm³/mol. The van der Waals surface area contributed by atoms with Crippen LogP contribution >= 0.6 is 11.3 Å². The van der Waals surface area contributed by atoms with Crippen LogP contribution in [0.5, 0.6) is 0 Å². The third kappa shape index (κ3) is 5.23. The minimum atomic E-state index is 0.161. The average molecular weight is 282 g/mol.